The summed E-state index contributed by atoms with van der Waals surface area (Å²) >= 11 is 0. The van der Waals surface area contributed by atoms with Gasteiger partial charge in [0.25, 0.3) is 0 Å². The number of nitrogens with one attached hydrogen (secondary N) is 1. The maximum absolute atomic E-state index is 13.2. The van der Waals surface area contributed by atoms with Gasteiger partial charge in [0.1, 0.15) is 0 Å². The first-order valence-corrected chi connectivity index (χ1v) is 8.67. The van der Waals surface area contributed by atoms with Crippen molar-refractivity contribution in [1.82, 2.24) is 4.90 Å². The predicted molar refractivity (Wildman–Crippen MR) is 94.6 cm³/mol. The minimum absolute atomic E-state index is 0.133. The minimum Gasteiger partial charge on any atom is -0.326 e. The second-order valence-corrected chi connectivity index (χ2v) is 6.52. The van der Waals surface area contributed by atoms with E-state index in [1.54, 1.807) is 18.2 Å². The molecule has 138 valence electrons. The Labute approximate surface area is 150 Å². The van der Waals surface area contributed by atoms with Gasteiger partial charge in [-0.25, -0.2) is 0 Å². The van der Waals surface area contributed by atoms with Gasteiger partial charge in [0.05, 0.1) is 5.56 Å². The second kappa shape index (κ2) is 7.91. The number of rotatable bonds is 7. The van der Waals surface area contributed by atoms with Crippen LogP contribution in [0.2, 0.25) is 0 Å². The van der Waals surface area contributed by atoms with Crippen LogP contribution in [-0.4, -0.2) is 23.4 Å². The summed E-state index contributed by atoms with van der Waals surface area (Å²) in [5.74, 6) is -0.133. The number of amides is 1. The molecule has 1 aliphatic rings. The summed E-state index contributed by atoms with van der Waals surface area (Å²) in [7, 11) is 0. The van der Waals surface area contributed by atoms with Gasteiger partial charge >= 0.3 is 6.18 Å². The van der Waals surface area contributed by atoms with Crippen LogP contribution in [0.25, 0.3) is 0 Å². The van der Waals surface area contributed by atoms with Crippen molar-refractivity contribution in [2.75, 3.05) is 11.9 Å². The van der Waals surface area contributed by atoms with Crippen molar-refractivity contribution in [2.45, 2.75) is 38.0 Å². The van der Waals surface area contributed by atoms with Crippen LogP contribution < -0.4 is 5.32 Å². The standard InChI is InChI=1S/C20H21F3N2O/c21-20(22,23)18-9-5-4-6-15(18)14-25(17-10-11-17)13-12-19(26)24-16-7-2-1-3-8-16/h1-9,17H,10-14H2,(H,24,26). The number of nitrogens with zero attached hydrogens (tertiary/aromatic N) is 1. The summed E-state index contributed by atoms with van der Waals surface area (Å²) in [6.45, 7) is 0.647. The molecule has 0 saturated heterocycles. The van der Waals surface area contributed by atoms with E-state index in [0.717, 1.165) is 24.6 Å². The van der Waals surface area contributed by atoms with Gasteiger partial charge in [0.15, 0.2) is 0 Å². The van der Waals surface area contributed by atoms with Crippen LogP contribution in [-0.2, 0) is 17.5 Å². The van der Waals surface area contributed by atoms with E-state index in [0.29, 0.717) is 6.54 Å². The topological polar surface area (TPSA) is 32.3 Å². The van der Waals surface area contributed by atoms with Gasteiger partial charge < -0.3 is 5.32 Å². The molecule has 1 amide bonds. The number of halogens is 3. The Hall–Kier alpha value is -2.34. The van der Waals surface area contributed by atoms with Gasteiger partial charge in [0.2, 0.25) is 5.91 Å². The Morgan fingerprint density at radius 1 is 1.04 bits per heavy atom. The summed E-state index contributed by atoms with van der Waals surface area (Å²) in [5.41, 5.74) is 0.382. The van der Waals surface area contributed by atoms with Crippen LogP contribution in [0.4, 0.5) is 18.9 Å². The molecule has 0 spiro atoms. The van der Waals surface area contributed by atoms with Crippen molar-refractivity contribution in [1.29, 1.82) is 0 Å². The van der Waals surface area contributed by atoms with Crippen molar-refractivity contribution in [3.8, 4) is 0 Å². The molecule has 0 aromatic heterocycles. The van der Waals surface area contributed by atoms with Crippen molar-refractivity contribution in [3.63, 3.8) is 0 Å². The SMILES string of the molecule is O=C(CCN(Cc1ccccc1C(F)(F)F)C1CC1)Nc1ccccc1. The molecule has 1 saturated carbocycles. The number of benzene rings is 2. The highest BCUT2D eigenvalue weighted by Gasteiger charge is 2.35. The molecule has 26 heavy (non-hydrogen) atoms. The van der Waals surface area contributed by atoms with E-state index in [9.17, 15) is 18.0 Å². The lowest BCUT2D eigenvalue weighted by Gasteiger charge is -2.23. The zero-order valence-electron chi connectivity index (χ0n) is 14.3. The van der Waals surface area contributed by atoms with E-state index in [1.807, 2.05) is 23.1 Å². The quantitative estimate of drug-likeness (QED) is 0.774. The number of carbonyl (C=O) groups excluding carboxylic acids is 1. The fourth-order valence-electron chi connectivity index (χ4n) is 2.97. The average Bonchev–Trinajstić information content (AvgIpc) is 3.44. The highest BCUT2D eigenvalue weighted by Crippen LogP contribution is 2.34. The first kappa shape index (κ1) is 18.5. The first-order valence-electron chi connectivity index (χ1n) is 8.67. The number of carbonyl (C=O) groups is 1. The van der Waals surface area contributed by atoms with Gasteiger partial charge in [0, 0.05) is 31.2 Å². The van der Waals surface area contributed by atoms with Gasteiger partial charge in [-0.05, 0) is 36.6 Å². The van der Waals surface area contributed by atoms with Crippen molar-refractivity contribution in [3.05, 3.63) is 65.7 Å². The summed E-state index contributed by atoms with van der Waals surface area (Å²) in [6, 6.07) is 15.1. The van der Waals surface area contributed by atoms with Crippen molar-refractivity contribution >= 4 is 11.6 Å². The van der Waals surface area contributed by atoms with E-state index < -0.39 is 11.7 Å². The molecule has 2 aromatic carbocycles. The Balaban J connectivity index is 1.61. The Morgan fingerprint density at radius 2 is 1.69 bits per heavy atom. The highest BCUT2D eigenvalue weighted by molar-refractivity contribution is 5.90. The van der Waals surface area contributed by atoms with E-state index in [1.165, 1.54) is 12.1 Å². The zero-order valence-corrected chi connectivity index (χ0v) is 14.3. The van der Waals surface area contributed by atoms with Gasteiger partial charge in [-0.3, -0.25) is 9.69 Å². The lowest BCUT2D eigenvalue weighted by Crippen LogP contribution is -2.30. The Kier molecular flexibility index (Phi) is 5.61. The molecule has 6 heteroatoms. The third kappa shape index (κ3) is 5.08. The smallest absolute Gasteiger partial charge is 0.326 e. The largest absolute Gasteiger partial charge is 0.416 e. The molecule has 2 aromatic rings. The van der Waals surface area contributed by atoms with Crippen LogP contribution >= 0.6 is 0 Å². The molecular weight excluding hydrogens is 341 g/mol. The zero-order chi connectivity index (χ0) is 18.6. The summed E-state index contributed by atoms with van der Waals surface area (Å²) in [6.07, 6.45) is -2.18. The number of para-hydroxylation sites is 1. The van der Waals surface area contributed by atoms with Crippen LogP contribution in [0, 0.1) is 0 Å². The summed E-state index contributed by atoms with van der Waals surface area (Å²) < 4.78 is 39.6. The van der Waals surface area contributed by atoms with E-state index in [4.69, 9.17) is 0 Å². The van der Waals surface area contributed by atoms with Crippen molar-refractivity contribution in [2.24, 2.45) is 0 Å². The Morgan fingerprint density at radius 3 is 2.35 bits per heavy atom. The lowest BCUT2D eigenvalue weighted by molar-refractivity contribution is -0.138. The number of alkyl halides is 3. The van der Waals surface area contributed by atoms with Crippen LogP contribution in [0.5, 0.6) is 0 Å². The fraction of sp³-hybridized carbons (Fsp3) is 0.350. The van der Waals surface area contributed by atoms with Gasteiger partial charge in [-0.2, -0.15) is 13.2 Å². The molecular formula is C20H21F3N2O. The third-order valence-corrected chi connectivity index (χ3v) is 4.44. The Bertz CT molecular complexity index is 742. The summed E-state index contributed by atoms with van der Waals surface area (Å²) in [5, 5.41) is 2.81. The molecule has 3 rings (SSSR count). The predicted octanol–water partition coefficient (Wildman–Crippen LogP) is 4.70. The molecule has 1 aliphatic carbocycles. The maximum atomic E-state index is 13.2. The van der Waals surface area contributed by atoms with E-state index >= 15 is 0 Å². The molecule has 0 heterocycles. The second-order valence-electron chi connectivity index (χ2n) is 6.52. The number of hydrogen-bond acceptors (Lipinski definition) is 2. The monoisotopic (exact) mass is 362 g/mol. The van der Waals surface area contributed by atoms with Crippen molar-refractivity contribution < 1.29 is 18.0 Å². The minimum atomic E-state index is -4.36. The average molecular weight is 362 g/mol. The number of anilines is 1. The summed E-state index contributed by atoms with van der Waals surface area (Å²) in [4.78, 5) is 14.1. The van der Waals surface area contributed by atoms with Gasteiger partial charge in [-0.1, -0.05) is 36.4 Å². The molecule has 0 radical (unpaired) electrons. The number of hydrogen-bond donors (Lipinski definition) is 1. The van der Waals surface area contributed by atoms with E-state index in [-0.39, 0.29) is 30.5 Å². The molecule has 0 bridgehead atoms. The maximum Gasteiger partial charge on any atom is 0.416 e. The molecule has 3 nitrogen and oxygen atoms in total. The molecule has 1 N–H and O–H groups in total. The van der Waals surface area contributed by atoms with Gasteiger partial charge in [-0.15, -0.1) is 0 Å². The molecule has 1 fully saturated rings. The molecule has 0 aliphatic heterocycles. The van der Waals surface area contributed by atoms with E-state index in [2.05, 4.69) is 5.32 Å². The fourth-order valence-corrected chi connectivity index (χ4v) is 2.97. The third-order valence-electron chi connectivity index (χ3n) is 4.44. The van der Waals surface area contributed by atoms with Crippen LogP contribution in [0.15, 0.2) is 54.6 Å². The normalized spacial score (nSPS) is 14.5. The lowest BCUT2D eigenvalue weighted by atomic mass is 10.1. The molecule has 0 unspecified atom stereocenters. The first-order chi connectivity index (χ1) is 12.4. The van der Waals surface area contributed by atoms with Crippen LogP contribution in [0.1, 0.15) is 30.4 Å². The molecule has 0 atom stereocenters. The van der Waals surface area contributed by atoms with Crippen LogP contribution in [0.3, 0.4) is 0 Å². The highest BCUT2D eigenvalue weighted by atomic mass is 19.4.